The Bertz CT molecular complexity index is 292. The van der Waals surface area contributed by atoms with E-state index in [2.05, 4.69) is 24.5 Å². The lowest BCUT2D eigenvalue weighted by Gasteiger charge is -2.00. The quantitative estimate of drug-likeness (QED) is 0.579. The molecule has 0 atom stereocenters. The Morgan fingerprint density at radius 3 is 2.29 bits per heavy atom. The molecule has 0 spiro atoms. The molecule has 0 fully saturated rings. The molecule has 1 nitrogen and oxygen atoms in total. The molecule has 0 heterocycles. The van der Waals surface area contributed by atoms with Gasteiger partial charge in [0.25, 0.3) is 0 Å². The van der Waals surface area contributed by atoms with Crippen molar-refractivity contribution in [2.45, 2.75) is 25.7 Å². The lowest BCUT2D eigenvalue weighted by Crippen LogP contribution is -1.92. The number of ether oxygens (including phenoxy) is 1. The van der Waals surface area contributed by atoms with Gasteiger partial charge >= 0.3 is 0 Å². The molecular weight excluding hydrogens is 192 g/mol. The first kappa shape index (κ1) is 12.9. The van der Waals surface area contributed by atoms with Crippen LogP contribution in [0, 0.1) is 11.8 Å². The van der Waals surface area contributed by atoms with Crippen molar-refractivity contribution < 1.29 is 4.74 Å². The molecule has 76 valence electrons. The standard InChI is InChI=1S/C10H10OS.C2H6/c1-2-3-8-11-9-4-6-10(12)7-5-9;1-2/h4-7,12H,8H2,1H3;1-2H3. The van der Waals surface area contributed by atoms with E-state index in [9.17, 15) is 0 Å². The van der Waals surface area contributed by atoms with Gasteiger partial charge in [-0.3, -0.25) is 0 Å². The van der Waals surface area contributed by atoms with Crippen molar-refractivity contribution in [1.29, 1.82) is 0 Å². The Morgan fingerprint density at radius 2 is 1.79 bits per heavy atom. The molecule has 0 saturated heterocycles. The molecule has 2 heteroatoms. The average Bonchev–Trinajstić information content (AvgIpc) is 2.24. The summed E-state index contributed by atoms with van der Waals surface area (Å²) in [5, 5.41) is 0. The first-order valence-electron chi connectivity index (χ1n) is 4.64. The van der Waals surface area contributed by atoms with Crippen molar-refractivity contribution in [3.8, 4) is 17.6 Å². The van der Waals surface area contributed by atoms with E-state index < -0.39 is 0 Å². The van der Waals surface area contributed by atoms with Gasteiger partial charge in [-0.1, -0.05) is 19.8 Å². The van der Waals surface area contributed by atoms with Crippen molar-refractivity contribution in [2.24, 2.45) is 0 Å². The summed E-state index contributed by atoms with van der Waals surface area (Å²) in [5.74, 6) is 6.41. The smallest absolute Gasteiger partial charge is 0.149 e. The normalized spacial score (nSPS) is 7.71. The second-order valence-electron chi connectivity index (χ2n) is 2.21. The van der Waals surface area contributed by atoms with Crippen LogP contribution in [0.3, 0.4) is 0 Å². The summed E-state index contributed by atoms with van der Waals surface area (Å²) in [6.45, 7) is 6.24. The van der Waals surface area contributed by atoms with Gasteiger partial charge in [0.15, 0.2) is 0 Å². The highest BCUT2D eigenvalue weighted by molar-refractivity contribution is 7.80. The number of benzene rings is 1. The molecule has 0 aliphatic heterocycles. The molecule has 0 aliphatic carbocycles. The molecule has 0 unspecified atom stereocenters. The maximum atomic E-state index is 5.29. The second-order valence-corrected chi connectivity index (χ2v) is 2.73. The molecule has 0 aromatic heterocycles. The fraction of sp³-hybridized carbons (Fsp3) is 0.333. The van der Waals surface area contributed by atoms with Crippen LogP contribution >= 0.6 is 12.6 Å². The van der Waals surface area contributed by atoms with E-state index >= 15 is 0 Å². The highest BCUT2D eigenvalue weighted by atomic mass is 32.1. The van der Waals surface area contributed by atoms with Gasteiger partial charge in [-0.2, -0.15) is 0 Å². The van der Waals surface area contributed by atoms with E-state index in [1.165, 1.54) is 0 Å². The zero-order valence-electron chi connectivity index (χ0n) is 8.87. The predicted molar refractivity (Wildman–Crippen MR) is 64.0 cm³/mol. The molecule has 0 bridgehead atoms. The molecule has 0 aliphatic rings. The van der Waals surface area contributed by atoms with Crippen LogP contribution < -0.4 is 4.74 Å². The molecule has 0 saturated carbocycles. The van der Waals surface area contributed by atoms with Gasteiger partial charge in [0.2, 0.25) is 0 Å². The SMILES string of the molecule is CC.CC#CCOc1ccc(S)cc1. The van der Waals surface area contributed by atoms with Crippen LogP contribution in [0.5, 0.6) is 5.75 Å². The second kappa shape index (κ2) is 8.52. The number of thiol groups is 1. The van der Waals surface area contributed by atoms with E-state index in [1.807, 2.05) is 38.1 Å². The molecule has 0 amide bonds. The van der Waals surface area contributed by atoms with Gasteiger partial charge in [-0.15, -0.1) is 18.5 Å². The fourth-order valence-corrected chi connectivity index (χ4v) is 0.883. The molecule has 1 aromatic rings. The highest BCUT2D eigenvalue weighted by Gasteiger charge is 1.89. The minimum atomic E-state index is 0.447. The summed E-state index contributed by atoms with van der Waals surface area (Å²) in [4.78, 5) is 0.934. The van der Waals surface area contributed by atoms with Crippen LogP contribution in [0.1, 0.15) is 20.8 Å². The Hall–Kier alpha value is -1.07. The van der Waals surface area contributed by atoms with Crippen molar-refractivity contribution in [3.63, 3.8) is 0 Å². The summed E-state index contributed by atoms with van der Waals surface area (Å²) in [6, 6.07) is 7.52. The largest absolute Gasteiger partial charge is 0.481 e. The predicted octanol–water partition coefficient (Wildman–Crippen LogP) is 3.40. The highest BCUT2D eigenvalue weighted by Crippen LogP contribution is 2.13. The first-order valence-corrected chi connectivity index (χ1v) is 5.09. The number of rotatable bonds is 2. The Labute approximate surface area is 91.9 Å². The van der Waals surface area contributed by atoms with Crippen LogP contribution in [0.15, 0.2) is 29.2 Å². The van der Waals surface area contributed by atoms with Crippen molar-refractivity contribution >= 4 is 12.6 Å². The Kier molecular flexibility index (Phi) is 7.87. The van der Waals surface area contributed by atoms with E-state index in [1.54, 1.807) is 6.92 Å². The molecule has 1 rings (SSSR count). The van der Waals surface area contributed by atoms with Crippen molar-refractivity contribution in [3.05, 3.63) is 24.3 Å². The van der Waals surface area contributed by atoms with E-state index in [0.717, 1.165) is 10.6 Å². The third-order valence-corrected chi connectivity index (χ3v) is 1.62. The first-order chi connectivity index (χ1) is 6.83. The summed E-state index contributed by atoms with van der Waals surface area (Å²) in [6.07, 6.45) is 0. The summed E-state index contributed by atoms with van der Waals surface area (Å²) < 4.78 is 5.29. The minimum absolute atomic E-state index is 0.447. The molecular formula is C12H16OS. The maximum absolute atomic E-state index is 5.29. The molecule has 1 aromatic carbocycles. The summed E-state index contributed by atoms with van der Waals surface area (Å²) >= 11 is 4.16. The van der Waals surface area contributed by atoms with Gasteiger partial charge in [-0.25, -0.2) is 0 Å². The van der Waals surface area contributed by atoms with Gasteiger partial charge in [0.1, 0.15) is 12.4 Å². The van der Waals surface area contributed by atoms with E-state index in [4.69, 9.17) is 4.74 Å². The monoisotopic (exact) mass is 208 g/mol. The molecule has 14 heavy (non-hydrogen) atoms. The van der Waals surface area contributed by atoms with Crippen LogP contribution in [-0.2, 0) is 0 Å². The van der Waals surface area contributed by atoms with Gasteiger partial charge in [0.05, 0.1) is 0 Å². The lowest BCUT2D eigenvalue weighted by atomic mass is 10.3. The Morgan fingerprint density at radius 1 is 1.21 bits per heavy atom. The lowest BCUT2D eigenvalue weighted by molar-refractivity contribution is 0.370. The average molecular weight is 208 g/mol. The molecule has 0 N–H and O–H groups in total. The summed E-state index contributed by atoms with van der Waals surface area (Å²) in [7, 11) is 0. The zero-order valence-corrected chi connectivity index (χ0v) is 9.77. The fourth-order valence-electron chi connectivity index (χ4n) is 0.734. The minimum Gasteiger partial charge on any atom is -0.481 e. The Balaban J connectivity index is 0.000000791. The third kappa shape index (κ3) is 5.55. The van der Waals surface area contributed by atoms with E-state index in [-0.39, 0.29) is 0 Å². The van der Waals surface area contributed by atoms with Crippen LogP contribution in [0.25, 0.3) is 0 Å². The topological polar surface area (TPSA) is 9.23 Å². The maximum Gasteiger partial charge on any atom is 0.149 e. The van der Waals surface area contributed by atoms with Crippen molar-refractivity contribution in [1.82, 2.24) is 0 Å². The number of hydrogen-bond donors (Lipinski definition) is 1. The number of hydrogen-bond acceptors (Lipinski definition) is 2. The van der Waals surface area contributed by atoms with Crippen LogP contribution in [0.2, 0.25) is 0 Å². The van der Waals surface area contributed by atoms with Crippen LogP contribution in [0.4, 0.5) is 0 Å². The zero-order chi connectivity index (χ0) is 10.8. The molecule has 0 radical (unpaired) electrons. The van der Waals surface area contributed by atoms with Crippen LogP contribution in [-0.4, -0.2) is 6.61 Å². The van der Waals surface area contributed by atoms with Gasteiger partial charge in [-0.05, 0) is 31.2 Å². The third-order valence-electron chi connectivity index (χ3n) is 1.32. The summed E-state index contributed by atoms with van der Waals surface area (Å²) in [5.41, 5.74) is 0. The van der Waals surface area contributed by atoms with E-state index in [0.29, 0.717) is 6.61 Å². The van der Waals surface area contributed by atoms with Gasteiger partial charge in [0, 0.05) is 4.90 Å². The van der Waals surface area contributed by atoms with Gasteiger partial charge < -0.3 is 4.74 Å². The van der Waals surface area contributed by atoms with Crippen molar-refractivity contribution in [2.75, 3.05) is 6.61 Å².